The zero-order valence-corrected chi connectivity index (χ0v) is 18.5. The van der Waals surface area contributed by atoms with Crippen LogP contribution in [-0.2, 0) is 22.4 Å². The monoisotopic (exact) mass is 464 g/mol. The van der Waals surface area contributed by atoms with Gasteiger partial charge in [0.05, 0.1) is 31.4 Å². The van der Waals surface area contributed by atoms with Crippen molar-refractivity contribution in [3.05, 3.63) is 50.2 Å². The third-order valence-corrected chi connectivity index (χ3v) is 7.65. The standard InChI is InChI=1S/C20H17ClN2O5S2/c1-27-19(25)14-10-7-8-23(20(26)28-2)9-13(10)30-18(14)22-17(24)16-15(21)11-5-3-4-6-12(11)29-16/h3-6H,7-9H2,1-2H3,(H,22,24). The fourth-order valence-electron chi connectivity index (χ4n) is 3.41. The van der Waals surface area contributed by atoms with Crippen molar-refractivity contribution >= 4 is 67.3 Å². The number of thiophene rings is 2. The van der Waals surface area contributed by atoms with Crippen molar-refractivity contribution < 1.29 is 23.9 Å². The van der Waals surface area contributed by atoms with Crippen molar-refractivity contribution in [2.75, 3.05) is 26.1 Å². The van der Waals surface area contributed by atoms with Gasteiger partial charge in [-0.25, -0.2) is 9.59 Å². The van der Waals surface area contributed by atoms with Crippen molar-refractivity contribution in [3.8, 4) is 0 Å². The van der Waals surface area contributed by atoms with Crippen LogP contribution >= 0.6 is 34.3 Å². The largest absolute Gasteiger partial charge is 0.465 e. The number of hydrogen-bond acceptors (Lipinski definition) is 7. The average Bonchev–Trinajstić information content (AvgIpc) is 3.29. The summed E-state index contributed by atoms with van der Waals surface area (Å²) in [6, 6.07) is 7.49. The Balaban J connectivity index is 1.69. The van der Waals surface area contributed by atoms with Gasteiger partial charge >= 0.3 is 12.1 Å². The maximum atomic E-state index is 13.0. The van der Waals surface area contributed by atoms with E-state index in [2.05, 4.69) is 5.32 Å². The number of anilines is 1. The molecule has 0 saturated heterocycles. The second-order valence-corrected chi connectivity index (χ2v) is 9.07. The van der Waals surface area contributed by atoms with Gasteiger partial charge in [0, 0.05) is 21.5 Å². The molecule has 2 amide bonds. The summed E-state index contributed by atoms with van der Waals surface area (Å²) >= 11 is 8.96. The minimum atomic E-state index is -0.531. The first-order chi connectivity index (χ1) is 14.4. The fourth-order valence-corrected chi connectivity index (χ4v) is 6.07. The summed E-state index contributed by atoms with van der Waals surface area (Å²) in [5.41, 5.74) is 1.11. The third-order valence-electron chi connectivity index (χ3n) is 4.85. The molecule has 0 spiro atoms. The van der Waals surface area contributed by atoms with E-state index in [4.69, 9.17) is 21.1 Å². The van der Waals surface area contributed by atoms with Gasteiger partial charge in [-0.15, -0.1) is 22.7 Å². The first-order valence-electron chi connectivity index (χ1n) is 8.98. The highest BCUT2D eigenvalue weighted by atomic mass is 35.5. The van der Waals surface area contributed by atoms with Crippen molar-refractivity contribution in [2.24, 2.45) is 0 Å². The molecule has 0 radical (unpaired) electrons. The highest BCUT2D eigenvalue weighted by Gasteiger charge is 2.31. The first kappa shape index (κ1) is 20.6. The van der Waals surface area contributed by atoms with Crippen LogP contribution < -0.4 is 5.32 Å². The van der Waals surface area contributed by atoms with E-state index in [1.165, 1.54) is 36.9 Å². The molecule has 2 aromatic heterocycles. The summed E-state index contributed by atoms with van der Waals surface area (Å²) in [5.74, 6) is -0.925. The minimum absolute atomic E-state index is 0.302. The van der Waals surface area contributed by atoms with Crippen molar-refractivity contribution in [1.29, 1.82) is 0 Å². The number of nitrogens with one attached hydrogen (secondary N) is 1. The molecule has 1 aliphatic rings. The van der Waals surface area contributed by atoms with Crippen LogP contribution in [0.5, 0.6) is 0 Å². The summed E-state index contributed by atoms with van der Waals surface area (Å²) in [6.07, 6.45) is 0.0292. The van der Waals surface area contributed by atoms with Crippen LogP contribution in [0.15, 0.2) is 24.3 Å². The van der Waals surface area contributed by atoms with Gasteiger partial charge in [0.15, 0.2) is 0 Å². The molecule has 3 heterocycles. The minimum Gasteiger partial charge on any atom is -0.465 e. The molecule has 4 rings (SSSR count). The van der Waals surface area contributed by atoms with E-state index in [1.54, 1.807) is 4.90 Å². The maximum Gasteiger partial charge on any atom is 0.409 e. The lowest BCUT2D eigenvalue weighted by atomic mass is 10.0. The van der Waals surface area contributed by atoms with Gasteiger partial charge in [0.1, 0.15) is 9.88 Å². The Morgan fingerprint density at radius 3 is 2.60 bits per heavy atom. The third kappa shape index (κ3) is 3.53. The van der Waals surface area contributed by atoms with Gasteiger partial charge in [-0.2, -0.15) is 0 Å². The van der Waals surface area contributed by atoms with Crippen LogP contribution in [0, 0.1) is 0 Å². The molecule has 10 heteroatoms. The van der Waals surface area contributed by atoms with Gasteiger partial charge < -0.3 is 19.7 Å². The molecule has 1 aliphatic heterocycles. The van der Waals surface area contributed by atoms with E-state index in [0.29, 0.717) is 40.0 Å². The number of halogens is 1. The van der Waals surface area contributed by atoms with Crippen LogP contribution in [0.1, 0.15) is 30.5 Å². The van der Waals surface area contributed by atoms with Crippen LogP contribution in [-0.4, -0.2) is 43.6 Å². The molecule has 0 fully saturated rings. The molecule has 156 valence electrons. The number of esters is 1. The Morgan fingerprint density at radius 2 is 1.90 bits per heavy atom. The number of carbonyl (C=O) groups excluding carboxylic acids is 3. The number of ether oxygens (including phenoxy) is 2. The van der Waals surface area contributed by atoms with Gasteiger partial charge in [-0.1, -0.05) is 29.8 Å². The summed E-state index contributed by atoms with van der Waals surface area (Å²) in [4.78, 5) is 40.1. The molecule has 3 aromatic rings. The van der Waals surface area contributed by atoms with Crippen LogP contribution in [0.25, 0.3) is 10.1 Å². The molecule has 7 nitrogen and oxygen atoms in total. The number of hydrogen-bond donors (Lipinski definition) is 1. The number of benzene rings is 1. The van der Waals surface area contributed by atoms with Gasteiger partial charge in [-0.3, -0.25) is 4.79 Å². The zero-order valence-electron chi connectivity index (χ0n) is 16.1. The van der Waals surface area contributed by atoms with E-state index in [0.717, 1.165) is 20.5 Å². The molecular formula is C20H17ClN2O5S2. The van der Waals surface area contributed by atoms with E-state index in [1.807, 2.05) is 24.3 Å². The van der Waals surface area contributed by atoms with Crippen LogP contribution in [0.3, 0.4) is 0 Å². The van der Waals surface area contributed by atoms with Crippen LogP contribution in [0.2, 0.25) is 5.02 Å². The highest BCUT2D eigenvalue weighted by molar-refractivity contribution is 7.22. The van der Waals surface area contributed by atoms with Crippen molar-refractivity contribution in [2.45, 2.75) is 13.0 Å². The van der Waals surface area contributed by atoms with Crippen molar-refractivity contribution in [1.82, 2.24) is 4.90 Å². The number of methoxy groups -OCH3 is 2. The van der Waals surface area contributed by atoms with E-state index < -0.39 is 18.0 Å². The Labute approximate surface area is 185 Å². The lowest BCUT2D eigenvalue weighted by molar-refractivity contribution is 0.0600. The predicted molar refractivity (Wildman–Crippen MR) is 117 cm³/mol. The summed E-state index contributed by atoms with van der Waals surface area (Å²) < 4.78 is 10.6. The molecule has 0 atom stereocenters. The number of carbonyl (C=O) groups is 3. The molecule has 1 aromatic carbocycles. The Hall–Kier alpha value is -2.62. The van der Waals surface area contributed by atoms with Gasteiger partial charge in [-0.05, 0) is 18.1 Å². The van der Waals surface area contributed by atoms with Crippen LogP contribution in [0.4, 0.5) is 9.80 Å². The smallest absolute Gasteiger partial charge is 0.409 e. The second-order valence-electron chi connectivity index (χ2n) is 6.54. The predicted octanol–water partition coefficient (Wildman–Crippen LogP) is 4.78. The number of rotatable bonds is 3. The van der Waals surface area contributed by atoms with E-state index >= 15 is 0 Å². The summed E-state index contributed by atoms with van der Waals surface area (Å²) in [6.45, 7) is 0.714. The molecular weight excluding hydrogens is 448 g/mol. The number of nitrogens with zero attached hydrogens (tertiary/aromatic N) is 1. The lowest BCUT2D eigenvalue weighted by Gasteiger charge is -2.25. The molecule has 30 heavy (non-hydrogen) atoms. The van der Waals surface area contributed by atoms with Crippen molar-refractivity contribution in [3.63, 3.8) is 0 Å². The topological polar surface area (TPSA) is 84.9 Å². The second kappa shape index (κ2) is 8.25. The normalized spacial score (nSPS) is 13.1. The van der Waals surface area contributed by atoms with Gasteiger partial charge in [0.25, 0.3) is 5.91 Å². The molecule has 0 aliphatic carbocycles. The number of amides is 2. The molecule has 0 bridgehead atoms. The fraction of sp³-hybridized carbons (Fsp3) is 0.250. The summed E-state index contributed by atoms with van der Waals surface area (Å²) in [7, 11) is 2.62. The number of fused-ring (bicyclic) bond motifs is 2. The lowest BCUT2D eigenvalue weighted by Crippen LogP contribution is -2.35. The maximum absolute atomic E-state index is 13.0. The SMILES string of the molecule is COC(=O)c1c(NC(=O)c2sc3ccccc3c2Cl)sc2c1CCN(C(=O)OC)C2. The average molecular weight is 465 g/mol. The Bertz CT molecular complexity index is 1170. The van der Waals surface area contributed by atoms with Gasteiger partial charge in [0.2, 0.25) is 0 Å². The quantitative estimate of drug-likeness (QED) is 0.564. The Morgan fingerprint density at radius 1 is 1.13 bits per heavy atom. The summed E-state index contributed by atoms with van der Waals surface area (Å²) in [5, 5.41) is 4.40. The highest BCUT2D eigenvalue weighted by Crippen LogP contribution is 2.40. The molecule has 0 unspecified atom stereocenters. The molecule has 1 N–H and O–H groups in total. The van der Waals surface area contributed by atoms with E-state index in [-0.39, 0.29) is 0 Å². The Kier molecular flexibility index (Phi) is 5.68. The molecule has 0 saturated carbocycles. The van der Waals surface area contributed by atoms with E-state index in [9.17, 15) is 14.4 Å². The first-order valence-corrected chi connectivity index (χ1v) is 11.0. The zero-order chi connectivity index (χ0) is 21.4.